The smallest absolute Gasteiger partial charge is 0.127 e. The normalized spacial score (nSPS) is 17.4. The van der Waals surface area contributed by atoms with E-state index in [1.165, 1.54) is 18.9 Å². The van der Waals surface area contributed by atoms with Gasteiger partial charge in [0.25, 0.3) is 0 Å². The molecule has 0 aliphatic heterocycles. The predicted octanol–water partition coefficient (Wildman–Crippen LogP) is 3.41. The van der Waals surface area contributed by atoms with Crippen LogP contribution in [-0.4, -0.2) is 13.1 Å². The molecule has 16 heavy (non-hydrogen) atoms. The highest BCUT2D eigenvalue weighted by molar-refractivity contribution is 6.31. The van der Waals surface area contributed by atoms with E-state index >= 15 is 0 Å². The molecule has 1 aliphatic carbocycles. The highest BCUT2D eigenvalue weighted by Crippen LogP contribution is 2.34. The quantitative estimate of drug-likeness (QED) is 0.833. The van der Waals surface area contributed by atoms with Crippen molar-refractivity contribution in [3.8, 4) is 0 Å². The van der Waals surface area contributed by atoms with Crippen LogP contribution in [0.4, 0.5) is 4.39 Å². The molecule has 1 aromatic carbocycles. The van der Waals surface area contributed by atoms with Gasteiger partial charge in [-0.3, -0.25) is 0 Å². The summed E-state index contributed by atoms with van der Waals surface area (Å²) in [7, 11) is 1.93. The minimum Gasteiger partial charge on any atom is -0.317 e. The highest BCUT2D eigenvalue weighted by Gasteiger charge is 2.25. The molecule has 1 N–H and O–H groups in total. The lowest BCUT2D eigenvalue weighted by atomic mass is 10.0. The highest BCUT2D eigenvalue weighted by atomic mass is 35.5. The predicted molar refractivity (Wildman–Crippen MR) is 65.3 cm³/mol. The molecule has 1 unspecified atom stereocenters. The standard InChI is InChI=1S/C13H17ClFN/c1-16-10(7-9-5-6-9)8-11-12(14)3-2-4-13(11)15/h2-4,9-10,16H,5-8H2,1H3. The molecular weight excluding hydrogens is 225 g/mol. The lowest BCUT2D eigenvalue weighted by Crippen LogP contribution is -2.28. The zero-order valence-corrected chi connectivity index (χ0v) is 10.2. The summed E-state index contributed by atoms with van der Waals surface area (Å²) < 4.78 is 13.6. The second kappa shape index (κ2) is 5.15. The molecule has 1 aromatic rings. The Hall–Kier alpha value is -0.600. The van der Waals surface area contributed by atoms with Crippen molar-refractivity contribution in [2.24, 2.45) is 5.92 Å². The van der Waals surface area contributed by atoms with Crippen LogP contribution < -0.4 is 5.32 Å². The van der Waals surface area contributed by atoms with E-state index in [2.05, 4.69) is 5.32 Å². The molecule has 0 amide bonds. The largest absolute Gasteiger partial charge is 0.317 e. The van der Waals surface area contributed by atoms with Gasteiger partial charge >= 0.3 is 0 Å². The first kappa shape index (κ1) is 11.9. The van der Waals surface area contributed by atoms with Crippen LogP contribution in [-0.2, 0) is 6.42 Å². The third-order valence-electron chi connectivity index (χ3n) is 3.24. The monoisotopic (exact) mass is 241 g/mol. The Morgan fingerprint density at radius 2 is 2.25 bits per heavy atom. The van der Waals surface area contributed by atoms with Gasteiger partial charge < -0.3 is 5.32 Å². The average molecular weight is 242 g/mol. The van der Waals surface area contributed by atoms with Crippen LogP contribution in [0.2, 0.25) is 5.02 Å². The maximum atomic E-state index is 13.6. The van der Waals surface area contributed by atoms with Gasteiger partial charge in [0.05, 0.1) is 0 Å². The Morgan fingerprint density at radius 3 is 2.81 bits per heavy atom. The summed E-state index contributed by atoms with van der Waals surface area (Å²) in [6, 6.07) is 5.22. The fourth-order valence-electron chi connectivity index (χ4n) is 2.03. The van der Waals surface area contributed by atoms with Gasteiger partial charge in [-0.15, -0.1) is 0 Å². The zero-order valence-electron chi connectivity index (χ0n) is 9.47. The van der Waals surface area contributed by atoms with Crippen LogP contribution in [0.25, 0.3) is 0 Å². The van der Waals surface area contributed by atoms with Gasteiger partial charge in [0.15, 0.2) is 0 Å². The van der Waals surface area contributed by atoms with Gasteiger partial charge in [-0.1, -0.05) is 30.5 Å². The zero-order chi connectivity index (χ0) is 11.5. The van der Waals surface area contributed by atoms with Gasteiger partial charge in [0.2, 0.25) is 0 Å². The van der Waals surface area contributed by atoms with Crippen LogP contribution in [0.1, 0.15) is 24.8 Å². The molecule has 1 atom stereocenters. The summed E-state index contributed by atoms with van der Waals surface area (Å²) in [6.45, 7) is 0. The second-order valence-electron chi connectivity index (χ2n) is 4.57. The Morgan fingerprint density at radius 1 is 1.50 bits per heavy atom. The van der Waals surface area contributed by atoms with Crippen molar-refractivity contribution in [1.29, 1.82) is 0 Å². The molecule has 1 fully saturated rings. The Balaban J connectivity index is 2.05. The van der Waals surface area contributed by atoms with Gasteiger partial charge in [0, 0.05) is 16.6 Å². The molecule has 0 aromatic heterocycles. The van der Waals surface area contributed by atoms with Crippen LogP contribution in [0.3, 0.4) is 0 Å². The Kier molecular flexibility index (Phi) is 3.82. The van der Waals surface area contributed by atoms with Crippen molar-refractivity contribution in [2.45, 2.75) is 31.7 Å². The van der Waals surface area contributed by atoms with Crippen molar-refractivity contribution in [2.75, 3.05) is 7.05 Å². The number of rotatable bonds is 5. The lowest BCUT2D eigenvalue weighted by molar-refractivity contribution is 0.479. The van der Waals surface area contributed by atoms with Crippen LogP contribution in [0, 0.1) is 11.7 Å². The third-order valence-corrected chi connectivity index (χ3v) is 3.59. The summed E-state index contributed by atoms with van der Waals surface area (Å²) in [5, 5.41) is 3.79. The van der Waals surface area contributed by atoms with E-state index in [0.717, 1.165) is 12.3 Å². The van der Waals surface area contributed by atoms with E-state index in [-0.39, 0.29) is 5.82 Å². The maximum Gasteiger partial charge on any atom is 0.127 e. The number of hydrogen-bond acceptors (Lipinski definition) is 1. The van der Waals surface area contributed by atoms with Gasteiger partial charge in [-0.05, 0) is 37.9 Å². The molecule has 0 heterocycles. The van der Waals surface area contributed by atoms with Gasteiger partial charge in [-0.25, -0.2) is 4.39 Å². The molecule has 0 radical (unpaired) electrons. The number of nitrogens with one attached hydrogen (secondary N) is 1. The molecule has 3 heteroatoms. The number of halogens is 2. The van der Waals surface area contributed by atoms with Crippen molar-refractivity contribution < 1.29 is 4.39 Å². The van der Waals surface area contributed by atoms with E-state index in [0.29, 0.717) is 23.0 Å². The fourth-order valence-corrected chi connectivity index (χ4v) is 2.27. The molecule has 0 saturated heterocycles. The summed E-state index contributed by atoms with van der Waals surface area (Å²) in [6.07, 6.45) is 4.45. The molecule has 88 valence electrons. The van der Waals surface area contributed by atoms with Gasteiger partial charge in [-0.2, -0.15) is 0 Å². The Bertz CT molecular complexity index is 343. The first-order valence-corrected chi connectivity index (χ1v) is 6.18. The van der Waals surface area contributed by atoms with Gasteiger partial charge in [0.1, 0.15) is 5.82 Å². The maximum absolute atomic E-state index is 13.6. The van der Waals surface area contributed by atoms with E-state index in [4.69, 9.17) is 11.6 Å². The van der Waals surface area contributed by atoms with Crippen molar-refractivity contribution in [3.05, 3.63) is 34.6 Å². The molecule has 1 saturated carbocycles. The number of hydrogen-bond donors (Lipinski definition) is 1. The second-order valence-corrected chi connectivity index (χ2v) is 4.98. The summed E-state index contributed by atoms with van der Waals surface area (Å²) in [5.41, 5.74) is 0.643. The summed E-state index contributed by atoms with van der Waals surface area (Å²) >= 11 is 6.01. The third kappa shape index (κ3) is 2.96. The van der Waals surface area contributed by atoms with Crippen molar-refractivity contribution in [3.63, 3.8) is 0 Å². The Labute approximate surface area is 101 Å². The average Bonchev–Trinajstić information content (AvgIpc) is 3.06. The summed E-state index contributed by atoms with van der Waals surface area (Å²) in [4.78, 5) is 0. The number of benzene rings is 1. The molecular formula is C13H17ClFN. The molecule has 1 aliphatic rings. The lowest BCUT2D eigenvalue weighted by Gasteiger charge is -2.17. The van der Waals surface area contributed by atoms with Crippen LogP contribution in [0.5, 0.6) is 0 Å². The molecule has 1 nitrogen and oxygen atoms in total. The topological polar surface area (TPSA) is 12.0 Å². The van der Waals surface area contributed by atoms with Crippen molar-refractivity contribution >= 4 is 11.6 Å². The minimum atomic E-state index is -0.191. The number of likely N-dealkylation sites (N-methyl/N-ethyl adjacent to an activating group) is 1. The molecule has 2 rings (SSSR count). The van der Waals surface area contributed by atoms with E-state index in [1.807, 2.05) is 7.05 Å². The fraction of sp³-hybridized carbons (Fsp3) is 0.538. The first-order valence-electron chi connectivity index (χ1n) is 5.81. The van der Waals surface area contributed by atoms with Crippen LogP contribution in [0.15, 0.2) is 18.2 Å². The van der Waals surface area contributed by atoms with Crippen molar-refractivity contribution in [1.82, 2.24) is 5.32 Å². The minimum absolute atomic E-state index is 0.191. The SMILES string of the molecule is CNC(Cc1c(F)cccc1Cl)CC1CC1. The molecule has 0 spiro atoms. The van der Waals surface area contributed by atoms with Crippen LogP contribution >= 0.6 is 11.6 Å². The first-order chi connectivity index (χ1) is 7.70. The van der Waals surface area contributed by atoms with E-state index in [1.54, 1.807) is 12.1 Å². The van der Waals surface area contributed by atoms with E-state index in [9.17, 15) is 4.39 Å². The molecule has 0 bridgehead atoms. The van der Waals surface area contributed by atoms with E-state index < -0.39 is 0 Å². The summed E-state index contributed by atoms with van der Waals surface area (Å²) in [5.74, 6) is 0.645.